The third-order valence-corrected chi connectivity index (χ3v) is 6.23. The number of anilines is 2. The molecule has 0 radical (unpaired) electrons. The molecule has 0 unspecified atom stereocenters. The summed E-state index contributed by atoms with van der Waals surface area (Å²) in [5.74, 6) is 1.35. The van der Waals surface area contributed by atoms with Crippen molar-refractivity contribution in [2.24, 2.45) is 0 Å². The summed E-state index contributed by atoms with van der Waals surface area (Å²) in [6.07, 6.45) is -0.159. The minimum atomic E-state index is -1.02. The first-order valence-electron chi connectivity index (χ1n) is 11.8. The van der Waals surface area contributed by atoms with Crippen LogP contribution < -0.4 is 29.2 Å². The zero-order valence-corrected chi connectivity index (χ0v) is 21.6. The molecule has 1 aliphatic rings. The summed E-state index contributed by atoms with van der Waals surface area (Å²) < 4.78 is 21.1. The molecule has 0 bridgehead atoms. The van der Waals surface area contributed by atoms with E-state index in [1.807, 2.05) is 0 Å². The molecule has 1 heterocycles. The molecule has 1 atom stereocenters. The molecule has 1 aliphatic heterocycles. The first-order chi connectivity index (χ1) is 18.4. The Morgan fingerprint density at radius 2 is 1.45 bits per heavy atom. The third-order valence-electron chi connectivity index (χ3n) is 6.23. The number of hydrogen-bond donors (Lipinski definition) is 1. The van der Waals surface area contributed by atoms with Gasteiger partial charge >= 0.3 is 6.03 Å². The van der Waals surface area contributed by atoms with Gasteiger partial charge in [-0.15, -0.1) is 0 Å². The molecule has 4 rings (SSSR count). The van der Waals surface area contributed by atoms with E-state index in [1.54, 1.807) is 73.8 Å². The van der Waals surface area contributed by atoms with Crippen LogP contribution in [0.4, 0.5) is 16.2 Å². The van der Waals surface area contributed by atoms with Crippen LogP contribution in [-0.4, -0.2) is 57.2 Å². The van der Waals surface area contributed by atoms with E-state index in [0.717, 1.165) is 4.90 Å². The van der Waals surface area contributed by atoms with Gasteiger partial charge < -0.3 is 29.2 Å². The molecular formula is C28H29N3O7. The van der Waals surface area contributed by atoms with Crippen LogP contribution >= 0.6 is 0 Å². The second-order valence-electron chi connectivity index (χ2n) is 8.46. The maximum Gasteiger partial charge on any atom is 0.322 e. The number of nitrogens with zero attached hydrogens (tertiary/aromatic N) is 2. The van der Waals surface area contributed by atoms with Crippen molar-refractivity contribution in [1.82, 2.24) is 4.90 Å². The standard InChI is InChI=1S/C28H29N3O7/c1-35-21-10-6-19(7-11-21)29-28(34)30(17-18-5-14-24(37-3)25(15-18)38-4)23-16-26(32)31(27(23)33)20-8-12-22(36-2)13-9-20/h5-15,23H,16-17H2,1-4H3,(H,29,34)/t23-/m0/s1. The van der Waals surface area contributed by atoms with Crippen molar-refractivity contribution in [2.75, 3.05) is 38.7 Å². The second kappa shape index (κ2) is 11.5. The second-order valence-corrected chi connectivity index (χ2v) is 8.46. The van der Waals surface area contributed by atoms with Crippen LogP contribution in [0.25, 0.3) is 0 Å². The predicted molar refractivity (Wildman–Crippen MR) is 141 cm³/mol. The minimum absolute atomic E-state index is 0.0441. The van der Waals surface area contributed by atoms with E-state index in [2.05, 4.69) is 5.32 Å². The fourth-order valence-corrected chi connectivity index (χ4v) is 4.23. The van der Waals surface area contributed by atoms with Gasteiger partial charge in [0.05, 0.1) is 40.5 Å². The van der Waals surface area contributed by atoms with E-state index in [4.69, 9.17) is 18.9 Å². The number of rotatable bonds is 9. The van der Waals surface area contributed by atoms with Gasteiger partial charge in [-0.3, -0.25) is 9.59 Å². The number of hydrogen-bond acceptors (Lipinski definition) is 7. The van der Waals surface area contributed by atoms with Gasteiger partial charge in [-0.25, -0.2) is 9.69 Å². The van der Waals surface area contributed by atoms with Crippen LogP contribution in [0.2, 0.25) is 0 Å². The quantitative estimate of drug-likeness (QED) is 0.425. The summed E-state index contributed by atoms with van der Waals surface area (Å²) in [6.45, 7) is 0.0441. The monoisotopic (exact) mass is 519 g/mol. The van der Waals surface area contributed by atoms with E-state index < -0.39 is 23.9 Å². The summed E-state index contributed by atoms with van der Waals surface area (Å²) in [6, 6.07) is 17.1. The van der Waals surface area contributed by atoms with Crippen molar-refractivity contribution < 1.29 is 33.3 Å². The fourth-order valence-electron chi connectivity index (χ4n) is 4.23. The number of urea groups is 1. The van der Waals surface area contributed by atoms with E-state index in [-0.39, 0.29) is 13.0 Å². The number of carbonyl (C=O) groups is 3. The number of nitrogens with one attached hydrogen (secondary N) is 1. The number of methoxy groups -OCH3 is 4. The van der Waals surface area contributed by atoms with Crippen molar-refractivity contribution in [3.8, 4) is 23.0 Å². The van der Waals surface area contributed by atoms with Gasteiger partial charge in [0, 0.05) is 12.2 Å². The normalized spacial score (nSPS) is 14.7. The van der Waals surface area contributed by atoms with Crippen LogP contribution in [0.3, 0.4) is 0 Å². The molecule has 198 valence electrons. The fraction of sp³-hybridized carbons (Fsp3) is 0.250. The van der Waals surface area contributed by atoms with Crippen molar-refractivity contribution in [3.63, 3.8) is 0 Å². The van der Waals surface area contributed by atoms with Crippen molar-refractivity contribution >= 4 is 29.2 Å². The molecule has 1 N–H and O–H groups in total. The average Bonchev–Trinajstić information content (AvgIpc) is 3.24. The zero-order valence-electron chi connectivity index (χ0n) is 21.6. The molecule has 4 amide bonds. The number of imide groups is 1. The summed E-state index contributed by atoms with van der Waals surface area (Å²) in [7, 11) is 6.13. The molecule has 3 aromatic rings. The van der Waals surface area contributed by atoms with Gasteiger partial charge in [0.25, 0.3) is 5.91 Å². The van der Waals surface area contributed by atoms with Gasteiger partial charge in [-0.2, -0.15) is 0 Å². The molecule has 0 aromatic heterocycles. The molecule has 0 saturated carbocycles. The molecule has 1 saturated heterocycles. The first-order valence-corrected chi connectivity index (χ1v) is 11.8. The van der Waals surface area contributed by atoms with Crippen LogP contribution in [0.1, 0.15) is 12.0 Å². The Kier molecular flexibility index (Phi) is 8.00. The number of carbonyl (C=O) groups excluding carboxylic acids is 3. The number of amides is 4. The smallest absolute Gasteiger partial charge is 0.322 e. The lowest BCUT2D eigenvalue weighted by atomic mass is 10.1. The molecule has 1 fully saturated rings. The van der Waals surface area contributed by atoms with Crippen molar-refractivity contribution in [1.29, 1.82) is 0 Å². The van der Waals surface area contributed by atoms with E-state index in [1.165, 1.54) is 26.2 Å². The van der Waals surface area contributed by atoms with Gasteiger partial charge in [0.15, 0.2) is 11.5 Å². The Morgan fingerprint density at radius 1 is 0.842 bits per heavy atom. The zero-order chi connectivity index (χ0) is 27.2. The Labute approximate surface area is 220 Å². The van der Waals surface area contributed by atoms with E-state index >= 15 is 0 Å². The van der Waals surface area contributed by atoms with Gasteiger partial charge in [0.1, 0.15) is 17.5 Å². The Balaban J connectivity index is 1.64. The number of ether oxygens (including phenoxy) is 4. The van der Waals surface area contributed by atoms with Crippen LogP contribution in [-0.2, 0) is 16.1 Å². The highest BCUT2D eigenvalue weighted by molar-refractivity contribution is 6.23. The number of benzene rings is 3. The van der Waals surface area contributed by atoms with E-state index in [0.29, 0.717) is 39.9 Å². The highest BCUT2D eigenvalue weighted by atomic mass is 16.5. The highest BCUT2D eigenvalue weighted by Crippen LogP contribution is 2.31. The Bertz CT molecular complexity index is 1310. The molecule has 0 spiro atoms. The summed E-state index contributed by atoms with van der Waals surface area (Å²) in [5.41, 5.74) is 1.61. The van der Waals surface area contributed by atoms with Crippen LogP contribution in [0.5, 0.6) is 23.0 Å². The summed E-state index contributed by atoms with van der Waals surface area (Å²) in [4.78, 5) is 42.6. The molecule has 38 heavy (non-hydrogen) atoms. The highest BCUT2D eigenvalue weighted by Gasteiger charge is 2.44. The van der Waals surface area contributed by atoms with Crippen molar-refractivity contribution in [2.45, 2.75) is 19.0 Å². The first kappa shape index (κ1) is 26.3. The van der Waals surface area contributed by atoms with Gasteiger partial charge in [-0.1, -0.05) is 6.07 Å². The van der Waals surface area contributed by atoms with Gasteiger partial charge in [-0.05, 0) is 66.2 Å². The third kappa shape index (κ3) is 5.49. The molecule has 10 nitrogen and oxygen atoms in total. The van der Waals surface area contributed by atoms with Crippen LogP contribution in [0, 0.1) is 0 Å². The summed E-state index contributed by atoms with van der Waals surface area (Å²) >= 11 is 0. The lowest BCUT2D eigenvalue weighted by Gasteiger charge is -2.28. The minimum Gasteiger partial charge on any atom is -0.497 e. The Hall–Kier alpha value is -4.73. The van der Waals surface area contributed by atoms with Crippen LogP contribution in [0.15, 0.2) is 66.7 Å². The Morgan fingerprint density at radius 3 is 2.03 bits per heavy atom. The largest absolute Gasteiger partial charge is 0.497 e. The molecule has 3 aromatic carbocycles. The topological polar surface area (TPSA) is 107 Å². The maximum absolute atomic E-state index is 13.6. The molecule has 10 heteroatoms. The maximum atomic E-state index is 13.6. The lowest BCUT2D eigenvalue weighted by Crippen LogP contribution is -2.46. The summed E-state index contributed by atoms with van der Waals surface area (Å²) in [5, 5.41) is 2.82. The SMILES string of the molecule is COc1ccc(NC(=O)N(Cc2ccc(OC)c(OC)c2)[C@H]2CC(=O)N(c3ccc(OC)cc3)C2=O)cc1. The van der Waals surface area contributed by atoms with Crippen molar-refractivity contribution in [3.05, 3.63) is 72.3 Å². The molecule has 0 aliphatic carbocycles. The van der Waals surface area contributed by atoms with Gasteiger partial charge in [0.2, 0.25) is 5.91 Å². The molecular weight excluding hydrogens is 490 g/mol. The predicted octanol–water partition coefficient (Wildman–Crippen LogP) is 4.09. The average molecular weight is 520 g/mol. The lowest BCUT2D eigenvalue weighted by molar-refractivity contribution is -0.122. The van der Waals surface area contributed by atoms with E-state index in [9.17, 15) is 14.4 Å².